The van der Waals surface area contributed by atoms with Gasteiger partial charge in [-0.05, 0) is 18.2 Å². The number of carbonyl (C=O) groups excluding carboxylic acids is 2. The Morgan fingerprint density at radius 1 is 1.16 bits per heavy atom. The van der Waals surface area contributed by atoms with Crippen LogP contribution in [0.3, 0.4) is 0 Å². The number of hydrogen-bond acceptors (Lipinski definition) is 5. The Balaban J connectivity index is 1.89. The average Bonchev–Trinajstić information content (AvgIpc) is 2.59. The molecule has 0 bridgehead atoms. The topological polar surface area (TPSA) is 122 Å². The Bertz CT molecular complexity index is 825. The molecule has 0 spiro atoms. The van der Waals surface area contributed by atoms with E-state index < -0.39 is 16.7 Å². The SMILES string of the molecule is O=C(CNC(=O)c1ccccc1Cl)NCc1cc([N+](=O)[O-])ccc1O. The number of halogens is 1. The first-order valence-electron chi connectivity index (χ1n) is 7.14. The lowest BCUT2D eigenvalue weighted by Gasteiger charge is -2.09. The lowest BCUT2D eigenvalue weighted by molar-refractivity contribution is -0.384. The van der Waals surface area contributed by atoms with E-state index in [4.69, 9.17) is 11.6 Å². The van der Waals surface area contributed by atoms with Gasteiger partial charge in [-0.1, -0.05) is 23.7 Å². The summed E-state index contributed by atoms with van der Waals surface area (Å²) in [5, 5.41) is 25.5. The fourth-order valence-corrected chi connectivity index (χ4v) is 2.21. The van der Waals surface area contributed by atoms with Gasteiger partial charge < -0.3 is 15.7 Å². The quantitative estimate of drug-likeness (QED) is 0.535. The zero-order valence-electron chi connectivity index (χ0n) is 12.9. The number of nitro benzene ring substituents is 1. The van der Waals surface area contributed by atoms with Gasteiger partial charge in [-0.3, -0.25) is 19.7 Å². The maximum Gasteiger partial charge on any atom is 0.270 e. The summed E-state index contributed by atoms with van der Waals surface area (Å²) in [5.41, 5.74) is 0.238. The van der Waals surface area contributed by atoms with Gasteiger partial charge in [-0.2, -0.15) is 0 Å². The maximum atomic E-state index is 11.9. The Kier molecular flexibility index (Phi) is 5.91. The van der Waals surface area contributed by atoms with Crippen molar-refractivity contribution in [2.75, 3.05) is 6.54 Å². The average molecular weight is 364 g/mol. The normalized spacial score (nSPS) is 10.1. The van der Waals surface area contributed by atoms with E-state index >= 15 is 0 Å². The van der Waals surface area contributed by atoms with E-state index in [0.29, 0.717) is 0 Å². The molecule has 2 amide bonds. The Morgan fingerprint density at radius 2 is 1.88 bits per heavy atom. The van der Waals surface area contributed by atoms with Crippen molar-refractivity contribution < 1.29 is 19.6 Å². The van der Waals surface area contributed by atoms with Crippen LogP contribution in [0, 0.1) is 10.1 Å². The Morgan fingerprint density at radius 3 is 2.56 bits per heavy atom. The van der Waals surface area contributed by atoms with Crippen molar-refractivity contribution in [2.24, 2.45) is 0 Å². The Labute approximate surface area is 147 Å². The zero-order chi connectivity index (χ0) is 18.4. The number of aromatic hydroxyl groups is 1. The largest absolute Gasteiger partial charge is 0.508 e. The number of nitro groups is 1. The molecule has 9 heteroatoms. The first kappa shape index (κ1) is 18.2. The third-order valence-electron chi connectivity index (χ3n) is 3.28. The van der Waals surface area contributed by atoms with Crippen LogP contribution in [0.5, 0.6) is 5.75 Å². The highest BCUT2D eigenvalue weighted by atomic mass is 35.5. The third kappa shape index (κ3) is 4.92. The first-order valence-corrected chi connectivity index (χ1v) is 7.52. The molecular formula is C16H14ClN3O5. The van der Waals surface area contributed by atoms with Crippen LogP contribution in [0.15, 0.2) is 42.5 Å². The number of phenolic OH excluding ortho intramolecular Hbond substituents is 1. The van der Waals surface area contributed by atoms with Crippen LogP contribution in [0.1, 0.15) is 15.9 Å². The number of phenols is 1. The lowest BCUT2D eigenvalue weighted by atomic mass is 10.1. The minimum atomic E-state index is -0.603. The van der Waals surface area contributed by atoms with Gasteiger partial charge >= 0.3 is 0 Å². The molecule has 0 atom stereocenters. The molecule has 2 rings (SSSR count). The molecule has 0 unspecified atom stereocenters. The van der Waals surface area contributed by atoms with E-state index in [9.17, 15) is 24.8 Å². The zero-order valence-corrected chi connectivity index (χ0v) is 13.6. The summed E-state index contributed by atoms with van der Waals surface area (Å²) in [6.07, 6.45) is 0. The van der Waals surface area contributed by atoms with Crippen molar-refractivity contribution in [3.05, 3.63) is 68.7 Å². The number of benzene rings is 2. The van der Waals surface area contributed by atoms with Crippen LogP contribution in [0.2, 0.25) is 5.02 Å². The van der Waals surface area contributed by atoms with Gasteiger partial charge in [-0.15, -0.1) is 0 Å². The van der Waals surface area contributed by atoms with Crippen LogP contribution >= 0.6 is 11.6 Å². The molecule has 8 nitrogen and oxygen atoms in total. The molecule has 0 radical (unpaired) electrons. The minimum Gasteiger partial charge on any atom is -0.508 e. The lowest BCUT2D eigenvalue weighted by Crippen LogP contribution is -2.36. The molecule has 0 saturated heterocycles. The molecule has 0 saturated carbocycles. The van der Waals surface area contributed by atoms with E-state index in [0.717, 1.165) is 12.1 Å². The minimum absolute atomic E-state index is 0.117. The molecular weight excluding hydrogens is 350 g/mol. The summed E-state index contributed by atoms with van der Waals surface area (Å²) in [5.74, 6) is -1.20. The second-order valence-corrected chi connectivity index (χ2v) is 5.42. The summed E-state index contributed by atoms with van der Waals surface area (Å²) >= 11 is 5.89. The van der Waals surface area contributed by atoms with E-state index in [-0.39, 0.29) is 40.7 Å². The van der Waals surface area contributed by atoms with Crippen LogP contribution in [-0.2, 0) is 11.3 Å². The highest BCUT2D eigenvalue weighted by Crippen LogP contribution is 2.22. The number of non-ortho nitro benzene ring substituents is 1. The van der Waals surface area contributed by atoms with Gasteiger partial charge in [0.2, 0.25) is 5.91 Å². The molecule has 0 heterocycles. The fourth-order valence-electron chi connectivity index (χ4n) is 1.98. The predicted molar refractivity (Wildman–Crippen MR) is 90.4 cm³/mol. The van der Waals surface area contributed by atoms with Crippen molar-refractivity contribution in [1.29, 1.82) is 0 Å². The van der Waals surface area contributed by atoms with E-state index in [1.54, 1.807) is 18.2 Å². The smallest absolute Gasteiger partial charge is 0.270 e. The third-order valence-corrected chi connectivity index (χ3v) is 3.61. The summed E-state index contributed by atoms with van der Waals surface area (Å²) in [4.78, 5) is 33.8. The standard InChI is InChI=1S/C16H14ClN3O5/c17-13-4-2-1-3-12(13)16(23)19-9-15(22)18-8-10-7-11(20(24)25)5-6-14(10)21/h1-7,21H,8-9H2,(H,18,22)(H,19,23). The first-order chi connectivity index (χ1) is 11.9. The summed E-state index contributed by atoms with van der Waals surface area (Å²) in [7, 11) is 0. The molecule has 2 aromatic rings. The van der Waals surface area contributed by atoms with Gasteiger partial charge in [0.25, 0.3) is 11.6 Å². The fraction of sp³-hybridized carbons (Fsp3) is 0.125. The van der Waals surface area contributed by atoms with E-state index in [1.807, 2.05) is 0 Å². The van der Waals surface area contributed by atoms with Crippen LogP contribution < -0.4 is 10.6 Å². The summed E-state index contributed by atoms with van der Waals surface area (Å²) in [6.45, 7) is -0.423. The van der Waals surface area contributed by atoms with Gasteiger partial charge in [-0.25, -0.2) is 0 Å². The van der Waals surface area contributed by atoms with E-state index in [2.05, 4.69) is 10.6 Å². The van der Waals surface area contributed by atoms with Crippen LogP contribution in [0.4, 0.5) is 5.69 Å². The highest BCUT2D eigenvalue weighted by Gasteiger charge is 2.13. The highest BCUT2D eigenvalue weighted by molar-refractivity contribution is 6.33. The predicted octanol–water partition coefficient (Wildman–Crippen LogP) is 2.00. The molecule has 0 aromatic heterocycles. The number of hydrogen-bond donors (Lipinski definition) is 3. The molecule has 130 valence electrons. The van der Waals surface area contributed by atoms with Crippen LogP contribution in [-0.4, -0.2) is 28.4 Å². The summed E-state index contributed by atoms with van der Waals surface area (Å²) < 4.78 is 0. The molecule has 3 N–H and O–H groups in total. The number of nitrogens with one attached hydrogen (secondary N) is 2. The van der Waals surface area contributed by atoms with Crippen molar-refractivity contribution in [3.63, 3.8) is 0 Å². The molecule has 0 aliphatic heterocycles. The monoisotopic (exact) mass is 363 g/mol. The summed E-state index contributed by atoms with van der Waals surface area (Å²) in [6, 6.07) is 9.91. The number of amides is 2. The molecule has 0 fully saturated rings. The van der Waals surface area contributed by atoms with Gasteiger partial charge in [0.05, 0.1) is 22.1 Å². The van der Waals surface area contributed by atoms with E-state index in [1.165, 1.54) is 12.1 Å². The van der Waals surface area contributed by atoms with Gasteiger partial charge in [0, 0.05) is 24.2 Å². The molecule has 0 aliphatic rings. The number of carbonyl (C=O) groups is 2. The molecule has 0 aliphatic carbocycles. The number of nitrogens with zero attached hydrogens (tertiary/aromatic N) is 1. The van der Waals surface area contributed by atoms with Crippen LogP contribution in [0.25, 0.3) is 0 Å². The Hall–Kier alpha value is -3.13. The number of rotatable bonds is 6. The maximum absolute atomic E-state index is 11.9. The van der Waals surface area contributed by atoms with Crippen molar-refractivity contribution >= 4 is 29.1 Å². The second kappa shape index (κ2) is 8.11. The second-order valence-electron chi connectivity index (χ2n) is 5.01. The van der Waals surface area contributed by atoms with Crippen molar-refractivity contribution in [3.8, 4) is 5.75 Å². The van der Waals surface area contributed by atoms with Crippen molar-refractivity contribution in [1.82, 2.24) is 10.6 Å². The van der Waals surface area contributed by atoms with Gasteiger partial charge in [0.1, 0.15) is 5.75 Å². The van der Waals surface area contributed by atoms with Crippen molar-refractivity contribution in [2.45, 2.75) is 6.54 Å². The molecule has 2 aromatic carbocycles. The van der Waals surface area contributed by atoms with Gasteiger partial charge in [0.15, 0.2) is 0 Å². The molecule has 25 heavy (non-hydrogen) atoms.